The maximum atomic E-state index is 13.7. The molecule has 0 spiro atoms. The highest BCUT2D eigenvalue weighted by atomic mass is 32.2. The Hall–Kier alpha value is -3.76. The summed E-state index contributed by atoms with van der Waals surface area (Å²) in [7, 11) is -0.822. The van der Waals surface area contributed by atoms with Gasteiger partial charge in [-0.1, -0.05) is 60.7 Å². The predicted molar refractivity (Wildman–Crippen MR) is 138 cm³/mol. The summed E-state index contributed by atoms with van der Waals surface area (Å²) in [5.41, 5.74) is 1.87. The number of ether oxygens (including phenoxy) is 1. The first-order valence-corrected chi connectivity index (χ1v) is 13.3. The number of para-hydroxylation sites is 1. The summed E-state index contributed by atoms with van der Waals surface area (Å²) in [6.45, 7) is -0.366. The van der Waals surface area contributed by atoms with Gasteiger partial charge in [-0.05, 0) is 29.3 Å². The van der Waals surface area contributed by atoms with Crippen LogP contribution in [0.5, 0.6) is 5.75 Å². The highest BCUT2D eigenvalue weighted by molar-refractivity contribution is 7.88. The van der Waals surface area contributed by atoms with E-state index >= 15 is 0 Å². The van der Waals surface area contributed by atoms with Crippen LogP contribution in [0.25, 0.3) is 0 Å². The maximum absolute atomic E-state index is 13.7. The molecule has 10 heteroatoms. The first kappa shape index (κ1) is 27.8. The number of benzene rings is 3. The van der Waals surface area contributed by atoms with Crippen LogP contribution in [0.2, 0.25) is 0 Å². The van der Waals surface area contributed by atoms with Crippen LogP contribution < -0.4 is 10.1 Å². The van der Waals surface area contributed by atoms with E-state index in [4.69, 9.17) is 4.74 Å². The lowest BCUT2D eigenvalue weighted by molar-refractivity contribution is -0.141. The van der Waals surface area contributed by atoms with Crippen LogP contribution in [0.3, 0.4) is 0 Å². The highest BCUT2D eigenvalue weighted by Gasteiger charge is 2.33. The number of likely N-dealkylation sites (N-methyl/N-ethyl adjacent to an activating group) is 1. The van der Waals surface area contributed by atoms with Crippen molar-refractivity contribution < 1.29 is 27.1 Å². The van der Waals surface area contributed by atoms with Crippen molar-refractivity contribution in [3.63, 3.8) is 0 Å². The van der Waals surface area contributed by atoms with Crippen LogP contribution >= 0.6 is 0 Å². The minimum absolute atomic E-state index is 0.0433. The minimum Gasteiger partial charge on any atom is -0.496 e. The van der Waals surface area contributed by atoms with Crippen molar-refractivity contribution in [3.8, 4) is 5.75 Å². The number of sulfonamides is 1. The molecule has 0 saturated carbocycles. The number of methoxy groups -OCH3 is 1. The third-order valence-corrected chi connectivity index (χ3v) is 7.09. The monoisotopic (exact) mass is 527 g/mol. The molecule has 0 heterocycles. The molecule has 0 radical (unpaired) electrons. The number of carbonyl (C=O) groups excluding carboxylic acids is 2. The summed E-state index contributed by atoms with van der Waals surface area (Å²) in [6, 6.07) is 20.4. The van der Waals surface area contributed by atoms with Crippen LogP contribution in [-0.4, -0.2) is 56.4 Å². The van der Waals surface area contributed by atoms with Crippen molar-refractivity contribution in [3.05, 3.63) is 101 Å². The standard InChI is InChI=1S/C27H30FN3O5S/c1-30(37(3,34)35)19-25(32)31(18-20-13-15-23(28)16-14-20)26(21-9-5-4-6-10-21)27(33)29-17-22-11-7-8-12-24(22)36-2/h4-16,26H,17-19H2,1-3H3,(H,29,33)/t26-/m1/s1. The molecular weight excluding hydrogens is 497 g/mol. The van der Waals surface area contributed by atoms with Crippen LogP contribution in [0, 0.1) is 5.82 Å². The lowest BCUT2D eigenvalue weighted by Crippen LogP contribution is -2.47. The van der Waals surface area contributed by atoms with Crippen molar-refractivity contribution >= 4 is 21.8 Å². The van der Waals surface area contributed by atoms with Gasteiger partial charge in [0.2, 0.25) is 21.8 Å². The molecule has 0 aliphatic rings. The van der Waals surface area contributed by atoms with E-state index in [-0.39, 0.29) is 13.1 Å². The number of hydrogen-bond acceptors (Lipinski definition) is 5. The molecule has 2 amide bonds. The van der Waals surface area contributed by atoms with E-state index in [1.54, 1.807) is 36.4 Å². The molecule has 0 aliphatic carbocycles. The molecule has 196 valence electrons. The Morgan fingerprint density at radius 1 is 0.973 bits per heavy atom. The number of halogens is 1. The van der Waals surface area contributed by atoms with E-state index in [0.29, 0.717) is 16.9 Å². The van der Waals surface area contributed by atoms with E-state index < -0.39 is 40.2 Å². The zero-order valence-corrected chi connectivity index (χ0v) is 21.7. The van der Waals surface area contributed by atoms with Gasteiger partial charge in [-0.15, -0.1) is 0 Å². The fraction of sp³-hybridized carbons (Fsp3) is 0.259. The Morgan fingerprint density at radius 2 is 1.59 bits per heavy atom. The number of nitrogens with zero attached hydrogens (tertiary/aromatic N) is 2. The Labute approximate surface area is 216 Å². The lowest BCUT2D eigenvalue weighted by Gasteiger charge is -2.32. The third-order valence-electron chi connectivity index (χ3n) is 5.83. The van der Waals surface area contributed by atoms with Crippen molar-refractivity contribution in [1.29, 1.82) is 0 Å². The van der Waals surface area contributed by atoms with E-state index in [1.807, 2.05) is 18.2 Å². The van der Waals surface area contributed by atoms with Gasteiger partial charge in [0.05, 0.1) is 19.9 Å². The molecule has 3 aromatic carbocycles. The molecule has 3 rings (SSSR count). The minimum atomic E-state index is -3.65. The summed E-state index contributed by atoms with van der Waals surface area (Å²) in [4.78, 5) is 28.5. The van der Waals surface area contributed by atoms with E-state index in [9.17, 15) is 22.4 Å². The quantitative estimate of drug-likeness (QED) is 0.414. The molecule has 0 aliphatic heterocycles. The first-order valence-electron chi connectivity index (χ1n) is 11.5. The van der Waals surface area contributed by atoms with Gasteiger partial charge in [0.1, 0.15) is 17.6 Å². The highest BCUT2D eigenvalue weighted by Crippen LogP contribution is 2.25. The second-order valence-electron chi connectivity index (χ2n) is 8.51. The molecule has 1 N–H and O–H groups in total. The molecule has 1 atom stereocenters. The second-order valence-corrected chi connectivity index (χ2v) is 10.6. The Kier molecular flexibility index (Phi) is 9.37. The van der Waals surface area contributed by atoms with E-state index in [1.165, 1.54) is 43.3 Å². The summed E-state index contributed by atoms with van der Waals surface area (Å²) in [6.07, 6.45) is 0.999. The van der Waals surface area contributed by atoms with Gasteiger partial charge in [-0.2, -0.15) is 4.31 Å². The van der Waals surface area contributed by atoms with Crippen molar-refractivity contribution in [1.82, 2.24) is 14.5 Å². The van der Waals surface area contributed by atoms with Gasteiger partial charge >= 0.3 is 0 Å². The molecule has 0 aromatic heterocycles. The van der Waals surface area contributed by atoms with Crippen LogP contribution in [0.4, 0.5) is 4.39 Å². The van der Waals surface area contributed by atoms with Crippen molar-refractivity contribution in [2.24, 2.45) is 0 Å². The summed E-state index contributed by atoms with van der Waals surface area (Å²) in [5, 5.41) is 2.88. The summed E-state index contributed by atoms with van der Waals surface area (Å²) in [5.74, 6) is -0.881. The van der Waals surface area contributed by atoms with Gasteiger partial charge in [0.15, 0.2) is 0 Å². The van der Waals surface area contributed by atoms with Gasteiger partial charge in [-0.3, -0.25) is 9.59 Å². The van der Waals surface area contributed by atoms with Gasteiger partial charge < -0.3 is 15.0 Å². The third kappa shape index (κ3) is 7.61. The molecule has 0 unspecified atom stereocenters. The number of rotatable bonds is 11. The van der Waals surface area contributed by atoms with E-state index in [2.05, 4.69) is 5.32 Å². The van der Waals surface area contributed by atoms with Gasteiger partial charge in [0, 0.05) is 25.7 Å². The topological polar surface area (TPSA) is 96.0 Å². The summed E-state index contributed by atoms with van der Waals surface area (Å²) >= 11 is 0. The number of nitrogens with one attached hydrogen (secondary N) is 1. The number of hydrogen-bond donors (Lipinski definition) is 1. The normalized spacial score (nSPS) is 12.1. The first-order chi connectivity index (χ1) is 17.6. The van der Waals surface area contributed by atoms with Crippen molar-refractivity contribution in [2.75, 3.05) is 27.0 Å². The summed E-state index contributed by atoms with van der Waals surface area (Å²) < 4.78 is 43.8. The predicted octanol–water partition coefficient (Wildman–Crippen LogP) is 3.11. The van der Waals surface area contributed by atoms with Crippen molar-refractivity contribution in [2.45, 2.75) is 19.1 Å². The molecule has 0 bridgehead atoms. The molecule has 3 aromatic rings. The van der Waals surface area contributed by atoms with Gasteiger partial charge in [0.25, 0.3) is 0 Å². The molecule has 0 fully saturated rings. The van der Waals surface area contributed by atoms with E-state index in [0.717, 1.165) is 16.1 Å². The average molecular weight is 528 g/mol. The average Bonchev–Trinajstić information content (AvgIpc) is 2.88. The lowest BCUT2D eigenvalue weighted by atomic mass is 10.0. The molecule has 0 saturated heterocycles. The van der Waals surface area contributed by atoms with Crippen LogP contribution in [-0.2, 0) is 32.7 Å². The number of amides is 2. The number of carbonyl (C=O) groups is 2. The second kappa shape index (κ2) is 12.5. The zero-order chi connectivity index (χ0) is 27.0. The zero-order valence-electron chi connectivity index (χ0n) is 20.9. The van der Waals surface area contributed by atoms with Crippen LogP contribution in [0.15, 0.2) is 78.9 Å². The fourth-order valence-electron chi connectivity index (χ4n) is 3.74. The Balaban J connectivity index is 1.98. The Morgan fingerprint density at radius 3 is 2.22 bits per heavy atom. The van der Waals surface area contributed by atoms with Gasteiger partial charge in [-0.25, -0.2) is 12.8 Å². The molecular formula is C27H30FN3O5S. The largest absolute Gasteiger partial charge is 0.496 e. The Bertz CT molecular complexity index is 1320. The fourth-order valence-corrected chi connectivity index (χ4v) is 4.09. The molecule has 37 heavy (non-hydrogen) atoms. The maximum Gasteiger partial charge on any atom is 0.247 e. The molecule has 8 nitrogen and oxygen atoms in total. The van der Waals surface area contributed by atoms with Crippen LogP contribution in [0.1, 0.15) is 22.7 Å². The SMILES string of the molecule is COc1ccccc1CNC(=O)[C@@H](c1ccccc1)N(Cc1ccc(F)cc1)C(=O)CN(C)S(C)(=O)=O. The smallest absolute Gasteiger partial charge is 0.247 e.